The first kappa shape index (κ1) is 16.9. The summed E-state index contributed by atoms with van der Waals surface area (Å²) in [6, 6.07) is 5.79. The van der Waals surface area contributed by atoms with E-state index in [9.17, 15) is 13.2 Å². The summed E-state index contributed by atoms with van der Waals surface area (Å²) in [6.07, 6.45) is 0.667. The van der Waals surface area contributed by atoms with Crippen molar-refractivity contribution in [1.82, 2.24) is 19.0 Å². The molecule has 9 heteroatoms. The van der Waals surface area contributed by atoms with Gasteiger partial charge in [-0.2, -0.15) is 17.4 Å². The molecule has 0 bridgehead atoms. The molecule has 0 spiro atoms. The van der Waals surface area contributed by atoms with E-state index in [1.165, 1.54) is 4.31 Å². The van der Waals surface area contributed by atoms with Crippen LogP contribution in [0.1, 0.15) is 24.2 Å². The number of benzene rings is 1. The Kier molecular flexibility index (Phi) is 4.57. The van der Waals surface area contributed by atoms with Gasteiger partial charge < -0.3 is 10.1 Å². The fraction of sp³-hybridized carbons (Fsp3) is 0.467. The zero-order valence-corrected chi connectivity index (χ0v) is 14.1. The molecule has 1 aliphatic heterocycles. The van der Waals surface area contributed by atoms with Crippen LogP contribution in [-0.2, 0) is 21.5 Å². The smallest absolute Gasteiger partial charge is 0.306 e. The first-order chi connectivity index (χ1) is 11.3. The first-order valence-electron chi connectivity index (χ1n) is 7.78. The number of nitrogens with zero attached hydrogens (tertiary/aromatic N) is 2. The van der Waals surface area contributed by atoms with E-state index in [1.807, 2.05) is 25.1 Å². The Labute approximate surface area is 140 Å². The monoisotopic (exact) mass is 352 g/mol. The van der Waals surface area contributed by atoms with Gasteiger partial charge in [0.1, 0.15) is 5.82 Å². The Morgan fingerprint density at radius 1 is 1.42 bits per heavy atom. The van der Waals surface area contributed by atoms with Crippen LogP contribution in [0.5, 0.6) is 0 Å². The minimum atomic E-state index is -3.65. The molecule has 2 heterocycles. The lowest BCUT2D eigenvalue weighted by Crippen LogP contribution is -2.45. The second-order valence-corrected chi connectivity index (χ2v) is 7.80. The van der Waals surface area contributed by atoms with E-state index in [4.69, 9.17) is 5.11 Å². The van der Waals surface area contributed by atoms with Crippen LogP contribution in [0, 0.1) is 12.8 Å². The predicted octanol–water partition coefficient (Wildman–Crippen LogP) is 1.00. The standard InChI is InChI=1S/C15H20N4O4S/c1-10-2-3-12-13(8-10)18-14(17-12)9-16-24(22,23)19-6-4-11(5-7-19)15(20)21/h2-3,8,11,16H,4-7,9H2,1H3,(H,17,18)(H,20,21). The van der Waals surface area contributed by atoms with Crippen molar-refractivity contribution in [1.29, 1.82) is 0 Å². The third-order valence-electron chi connectivity index (χ3n) is 4.25. The number of rotatable bonds is 5. The highest BCUT2D eigenvalue weighted by Gasteiger charge is 2.30. The molecule has 8 nitrogen and oxygen atoms in total. The van der Waals surface area contributed by atoms with Gasteiger partial charge in [-0.15, -0.1) is 0 Å². The summed E-state index contributed by atoms with van der Waals surface area (Å²) >= 11 is 0. The molecule has 2 aromatic rings. The van der Waals surface area contributed by atoms with Crippen molar-refractivity contribution in [2.45, 2.75) is 26.3 Å². The Morgan fingerprint density at radius 2 is 2.12 bits per heavy atom. The zero-order valence-electron chi connectivity index (χ0n) is 13.3. The molecule has 130 valence electrons. The summed E-state index contributed by atoms with van der Waals surface area (Å²) in [7, 11) is -3.65. The number of carbonyl (C=O) groups is 1. The molecule has 0 unspecified atom stereocenters. The normalized spacial score (nSPS) is 17.4. The average Bonchev–Trinajstić information content (AvgIpc) is 2.95. The van der Waals surface area contributed by atoms with E-state index in [0.717, 1.165) is 16.6 Å². The quantitative estimate of drug-likeness (QED) is 0.742. The van der Waals surface area contributed by atoms with E-state index in [-0.39, 0.29) is 19.6 Å². The average molecular weight is 352 g/mol. The fourth-order valence-corrected chi connectivity index (χ4v) is 4.05. The maximum atomic E-state index is 12.3. The Morgan fingerprint density at radius 3 is 2.79 bits per heavy atom. The highest BCUT2D eigenvalue weighted by molar-refractivity contribution is 7.87. The SMILES string of the molecule is Cc1ccc2nc(CNS(=O)(=O)N3CCC(C(=O)O)CC3)[nH]c2c1. The number of aromatic amines is 1. The molecule has 1 saturated heterocycles. The molecule has 0 atom stereocenters. The number of aromatic nitrogens is 2. The van der Waals surface area contributed by atoms with Gasteiger partial charge in [0, 0.05) is 13.1 Å². The minimum Gasteiger partial charge on any atom is -0.481 e. The molecule has 1 fully saturated rings. The molecular weight excluding hydrogens is 332 g/mol. The predicted molar refractivity (Wildman–Crippen MR) is 88.5 cm³/mol. The number of hydrogen-bond acceptors (Lipinski definition) is 4. The summed E-state index contributed by atoms with van der Waals surface area (Å²) in [5, 5.41) is 8.97. The molecule has 3 rings (SSSR count). The van der Waals surface area contributed by atoms with Crippen molar-refractivity contribution in [2.75, 3.05) is 13.1 Å². The molecule has 3 N–H and O–H groups in total. The van der Waals surface area contributed by atoms with Crippen LogP contribution in [0.3, 0.4) is 0 Å². The van der Waals surface area contributed by atoms with E-state index >= 15 is 0 Å². The lowest BCUT2D eigenvalue weighted by Gasteiger charge is -2.29. The first-order valence-corrected chi connectivity index (χ1v) is 9.22. The van der Waals surface area contributed by atoms with Gasteiger partial charge in [0.15, 0.2) is 0 Å². The fourth-order valence-electron chi connectivity index (χ4n) is 2.85. The van der Waals surface area contributed by atoms with Gasteiger partial charge >= 0.3 is 5.97 Å². The number of piperidine rings is 1. The maximum absolute atomic E-state index is 12.3. The van der Waals surface area contributed by atoms with Gasteiger partial charge in [-0.05, 0) is 37.5 Å². The Bertz CT molecular complexity index is 853. The van der Waals surface area contributed by atoms with Crippen LogP contribution in [0.2, 0.25) is 0 Å². The molecule has 1 aliphatic rings. The highest BCUT2D eigenvalue weighted by atomic mass is 32.2. The topological polar surface area (TPSA) is 115 Å². The maximum Gasteiger partial charge on any atom is 0.306 e. The molecule has 0 saturated carbocycles. The third kappa shape index (κ3) is 3.58. The van der Waals surface area contributed by atoms with Crippen LogP contribution in [-0.4, -0.2) is 46.9 Å². The number of hydrogen-bond donors (Lipinski definition) is 3. The Balaban J connectivity index is 1.63. The minimum absolute atomic E-state index is 0.0644. The Hall–Kier alpha value is -1.97. The number of nitrogens with one attached hydrogen (secondary N) is 2. The number of imidazole rings is 1. The summed E-state index contributed by atoms with van der Waals surface area (Å²) in [5.74, 6) is -0.785. The van der Waals surface area contributed by atoms with E-state index in [2.05, 4.69) is 14.7 Å². The van der Waals surface area contributed by atoms with Crippen LogP contribution < -0.4 is 4.72 Å². The van der Waals surface area contributed by atoms with Crippen molar-refractivity contribution in [3.8, 4) is 0 Å². The number of carboxylic acids is 1. The number of aryl methyl sites for hydroxylation is 1. The lowest BCUT2D eigenvalue weighted by molar-refractivity contribution is -0.142. The molecule has 1 aromatic heterocycles. The zero-order chi connectivity index (χ0) is 17.3. The third-order valence-corrected chi connectivity index (χ3v) is 5.81. The summed E-state index contributed by atoms with van der Waals surface area (Å²) < 4.78 is 28.5. The van der Waals surface area contributed by atoms with E-state index < -0.39 is 22.1 Å². The van der Waals surface area contributed by atoms with Crippen molar-refractivity contribution < 1.29 is 18.3 Å². The van der Waals surface area contributed by atoms with Crippen molar-refractivity contribution in [3.05, 3.63) is 29.6 Å². The van der Waals surface area contributed by atoms with Crippen LogP contribution in [0.4, 0.5) is 0 Å². The van der Waals surface area contributed by atoms with Gasteiger partial charge in [-0.3, -0.25) is 4.79 Å². The van der Waals surface area contributed by atoms with Crippen LogP contribution >= 0.6 is 0 Å². The lowest BCUT2D eigenvalue weighted by atomic mass is 9.99. The largest absolute Gasteiger partial charge is 0.481 e. The van der Waals surface area contributed by atoms with Crippen molar-refractivity contribution in [3.63, 3.8) is 0 Å². The second kappa shape index (κ2) is 6.50. The summed E-state index contributed by atoms with van der Waals surface area (Å²) in [4.78, 5) is 18.4. The van der Waals surface area contributed by atoms with Crippen LogP contribution in [0.25, 0.3) is 11.0 Å². The molecule has 0 amide bonds. The molecule has 0 radical (unpaired) electrons. The van der Waals surface area contributed by atoms with Crippen molar-refractivity contribution >= 4 is 27.2 Å². The van der Waals surface area contributed by atoms with Gasteiger partial charge in [-0.1, -0.05) is 6.07 Å². The van der Waals surface area contributed by atoms with E-state index in [1.54, 1.807) is 0 Å². The number of fused-ring (bicyclic) bond motifs is 1. The van der Waals surface area contributed by atoms with Gasteiger partial charge in [0.2, 0.25) is 0 Å². The molecule has 0 aliphatic carbocycles. The van der Waals surface area contributed by atoms with Gasteiger partial charge in [0.05, 0.1) is 23.5 Å². The molecular formula is C15H20N4O4S. The number of carboxylic acid groups (broad SMARTS) is 1. The second-order valence-electron chi connectivity index (χ2n) is 6.04. The van der Waals surface area contributed by atoms with Crippen LogP contribution in [0.15, 0.2) is 18.2 Å². The highest BCUT2D eigenvalue weighted by Crippen LogP contribution is 2.19. The van der Waals surface area contributed by atoms with Gasteiger partial charge in [0.25, 0.3) is 10.2 Å². The van der Waals surface area contributed by atoms with Crippen molar-refractivity contribution in [2.24, 2.45) is 5.92 Å². The van der Waals surface area contributed by atoms with Gasteiger partial charge in [-0.25, -0.2) is 4.98 Å². The number of aliphatic carboxylic acids is 1. The summed E-state index contributed by atoms with van der Waals surface area (Å²) in [5.41, 5.74) is 2.75. The molecule has 24 heavy (non-hydrogen) atoms. The number of H-pyrrole nitrogens is 1. The molecule has 1 aromatic carbocycles. The van der Waals surface area contributed by atoms with E-state index in [0.29, 0.717) is 18.7 Å². The summed E-state index contributed by atoms with van der Waals surface area (Å²) in [6.45, 7) is 2.47.